The van der Waals surface area contributed by atoms with Gasteiger partial charge in [0, 0.05) is 29.7 Å². The van der Waals surface area contributed by atoms with Gasteiger partial charge in [0.05, 0.1) is 10.6 Å². The molecule has 2 rings (SSSR count). The zero-order valence-corrected chi connectivity index (χ0v) is 12.3. The number of nitrogens with two attached hydrogens (primary N) is 1. The smallest absolute Gasteiger partial charge is 0.270 e. The quantitative estimate of drug-likeness (QED) is 0.681. The van der Waals surface area contributed by atoms with Crippen LogP contribution in [0, 0.1) is 16.0 Å². The van der Waals surface area contributed by atoms with Gasteiger partial charge >= 0.3 is 0 Å². The third-order valence-electron chi connectivity index (χ3n) is 3.67. The van der Waals surface area contributed by atoms with Crippen molar-refractivity contribution in [3.05, 3.63) is 32.8 Å². The molecule has 1 aliphatic rings. The predicted molar refractivity (Wildman–Crippen MR) is 79.4 cm³/mol. The van der Waals surface area contributed by atoms with Crippen molar-refractivity contribution in [1.29, 1.82) is 0 Å². The van der Waals surface area contributed by atoms with E-state index in [0.717, 1.165) is 55.0 Å². The minimum atomic E-state index is -0.373. The van der Waals surface area contributed by atoms with E-state index in [1.54, 1.807) is 12.1 Å². The van der Waals surface area contributed by atoms with Gasteiger partial charge in [-0.15, -0.1) is 0 Å². The first kappa shape index (κ1) is 14.3. The van der Waals surface area contributed by atoms with E-state index < -0.39 is 0 Å². The summed E-state index contributed by atoms with van der Waals surface area (Å²) in [4.78, 5) is 12.6. The largest absolute Gasteiger partial charge is 0.371 e. The first-order valence-electron chi connectivity index (χ1n) is 6.50. The summed E-state index contributed by atoms with van der Waals surface area (Å²) in [6.07, 6.45) is 3.37. The summed E-state index contributed by atoms with van der Waals surface area (Å²) < 4.78 is 0.791. The average Bonchev–Trinajstić information content (AvgIpc) is 2.40. The van der Waals surface area contributed by atoms with Crippen LogP contribution in [0.25, 0.3) is 0 Å². The molecule has 1 heterocycles. The number of nitro groups is 1. The molecule has 19 heavy (non-hydrogen) atoms. The number of benzene rings is 1. The number of anilines is 1. The highest BCUT2D eigenvalue weighted by Crippen LogP contribution is 2.33. The van der Waals surface area contributed by atoms with E-state index in [-0.39, 0.29) is 10.6 Å². The Hall–Kier alpha value is -1.14. The number of rotatable bonds is 4. The highest BCUT2D eigenvalue weighted by atomic mass is 79.9. The lowest BCUT2D eigenvalue weighted by Gasteiger charge is -2.34. The normalized spacial score (nSPS) is 16.6. The van der Waals surface area contributed by atoms with Crippen LogP contribution in [-0.4, -0.2) is 24.6 Å². The molecule has 0 spiro atoms. The Morgan fingerprint density at radius 1 is 1.42 bits per heavy atom. The monoisotopic (exact) mass is 327 g/mol. The molecular weight excluding hydrogens is 310 g/mol. The third-order valence-corrected chi connectivity index (χ3v) is 4.31. The fourth-order valence-electron chi connectivity index (χ4n) is 2.56. The molecular formula is C13H18BrN3O2. The van der Waals surface area contributed by atoms with Crippen molar-refractivity contribution in [2.75, 3.05) is 24.5 Å². The van der Waals surface area contributed by atoms with Crippen molar-refractivity contribution < 1.29 is 4.92 Å². The van der Waals surface area contributed by atoms with Crippen LogP contribution >= 0.6 is 15.9 Å². The number of piperidine rings is 1. The fourth-order valence-corrected chi connectivity index (χ4v) is 3.18. The predicted octanol–water partition coefficient (Wildman–Crippen LogP) is 2.92. The van der Waals surface area contributed by atoms with Gasteiger partial charge in [0.15, 0.2) is 0 Å². The van der Waals surface area contributed by atoms with E-state index in [1.165, 1.54) is 0 Å². The van der Waals surface area contributed by atoms with Gasteiger partial charge in [-0.1, -0.05) is 0 Å². The Morgan fingerprint density at radius 3 is 2.63 bits per heavy atom. The third kappa shape index (κ3) is 3.45. The SMILES string of the molecule is NCCC1CCN(c2ccc([N+](=O)[O-])cc2Br)CC1. The van der Waals surface area contributed by atoms with Crippen molar-refractivity contribution in [2.45, 2.75) is 19.3 Å². The number of hydrogen-bond donors (Lipinski definition) is 1. The Bertz CT molecular complexity index is 459. The second-order valence-electron chi connectivity index (χ2n) is 4.90. The summed E-state index contributed by atoms with van der Waals surface area (Å²) >= 11 is 3.43. The lowest BCUT2D eigenvalue weighted by atomic mass is 9.93. The van der Waals surface area contributed by atoms with Crippen LogP contribution < -0.4 is 10.6 Å². The van der Waals surface area contributed by atoms with E-state index in [4.69, 9.17) is 5.73 Å². The van der Waals surface area contributed by atoms with Gasteiger partial charge in [-0.25, -0.2) is 0 Å². The molecule has 0 aliphatic carbocycles. The zero-order valence-electron chi connectivity index (χ0n) is 10.7. The Labute approximate surface area is 121 Å². The lowest BCUT2D eigenvalue weighted by molar-refractivity contribution is -0.384. The van der Waals surface area contributed by atoms with E-state index >= 15 is 0 Å². The van der Waals surface area contributed by atoms with E-state index in [1.807, 2.05) is 6.07 Å². The van der Waals surface area contributed by atoms with Gasteiger partial charge in [-0.2, -0.15) is 0 Å². The molecule has 0 unspecified atom stereocenters. The van der Waals surface area contributed by atoms with Crippen LogP contribution in [0.5, 0.6) is 0 Å². The minimum Gasteiger partial charge on any atom is -0.371 e. The second-order valence-corrected chi connectivity index (χ2v) is 5.75. The second kappa shape index (κ2) is 6.34. The van der Waals surface area contributed by atoms with Crippen LogP contribution in [0.15, 0.2) is 22.7 Å². The lowest BCUT2D eigenvalue weighted by Crippen LogP contribution is -2.34. The maximum atomic E-state index is 10.7. The summed E-state index contributed by atoms with van der Waals surface area (Å²) in [5, 5.41) is 10.7. The van der Waals surface area contributed by atoms with Crippen LogP contribution in [0.3, 0.4) is 0 Å². The van der Waals surface area contributed by atoms with Crippen molar-refractivity contribution in [3.8, 4) is 0 Å². The standard InChI is InChI=1S/C13H18BrN3O2/c14-12-9-11(17(18)19)1-2-13(12)16-7-4-10(3-6-15)5-8-16/h1-2,9-10H,3-8,15H2. The van der Waals surface area contributed by atoms with Gasteiger partial charge in [0.2, 0.25) is 0 Å². The average molecular weight is 328 g/mol. The Kier molecular flexibility index (Phi) is 4.76. The summed E-state index contributed by atoms with van der Waals surface area (Å²) in [5.74, 6) is 0.720. The fraction of sp³-hybridized carbons (Fsp3) is 0.538. The summed E-state index contributed by atoms with van der Waals surface area (Å²) in [6.45, 7) is 2.73. The molecule has 1 fully saturated rings. The van der Waals surface area contributed by atoms with E-state index in [9.17, 15) is 10.1 Å². The van der Waals surface area contributed by atoms with Gasteiger partial charge in [0.25, 0.3) is 5.69 Å². The van der Waals surface area contributed by atoms with Crippen molar-refractivity contribution >= 4 is 27.3 Å². The number of non-ortho nitro benzene ring substituents is 1. The molecule has 0 radical (unpaired) electrons. The van der Waals surface area contributed by atoms with Crippen LogP contribution in [0.2, 0.25) is 0 Å². The summed E-state index contributed by atoms with van der Waals surface area (Å²) in [5.41, 5.74) is 6.75. The van der Waals surface area contributed by atoms with E-state index in [2.05, 4.69) is 20.8 Å². The number of nitrogens with zero attached hydrogens (tertiary/aromatic N) is 2. The number of hydrogen-bond acceptors (Lipinski definition) is 4. The summed E-state index contributed by atoms with van der Waals surface area (Å²) in [6, 6.07) is 4.96. The highest BCUT2D eigenvalue weighted by molar-refractivity contribution is 9.10. The van der Waals surface area contributed by atoms with Crippen LogP contribution in [0.4, 0.5) is 11.4 Å². The number of nitro benzene ring substituents is 1. The highest BCUT2D eigenvalue weighted by Gasteiger charge is 2.21. The van der Waals surface area contributed by atoms with Gasteiger partial charge < -0.3 is 10.6 Å². The molecule has 0 bridgehead atoms. The molecule has 1 aromatic rings. The Morgan fingerprint density at radius 2 is 2.11 bits per heavy atom. The molecule has 2 N–H and O–H groups in total. The Balaban J connectivity index is 2.05. The zero-order chi connectivity index (χ0) is 13.8. The summed E-state index contributed by atoms with van der Waals surface area (Å²) in [7, 11) is 0. The van der Waals surface area contributed by atoms with Gasteiger partial charge in [-0.05, 0) is 53.7 Å². The van der Waals surface area contributed by atoms with Crippen LogP contribution in [0.1, 0.15) is 19.3 Å². The van der Waals surface area contributed by atoms with Crippen LogP contribution in [-0.2, 0) is 0 Å². The maximum absolute atomic E-state index is 10.7. The van der Waals surface area contributed by atoms with Gasteiger partial charge in [0.1, 0.15) is 0 Å². The first-order chi connectivity index (χ1) is 9.11. The molecule has 0 saturated carbocycles. The molecule has 5 nitrogen and oxygen atoms in total. The minimum absolute atomic E-state index is 0.119. The number of halogens is 1. The van der Waals surface area contributed by atoms with Gasteiger partial charge in [-0.3, -0.25) is 10.1 Å². The molecule has 0 atom stereocenters. The molecule has 1 saturated heterocycles. The van der Waals surface area contributed by atoms with Crippen molar-refractivity contribution in [2.24, 2.45) is 11.7 Å². The molecule has 6 heteroatoms. The van der Waals surface area contributed by atoms with Crippen molar-refractivity contribution in [1.82, 2.24) is 0 Å². The maximum Gasteiger partial charge on any atom is 0.270 e. The van der Waals surface area contributed by atoms with E-state index in [0.29, 0.717) is 0 Å². The molecule has 1 aromatic carbocycles. The first-order valence-corrected chi connectivity index (χ1v) is 7.30. The van der Waals surface area contributed by atoms with Crippen molar-refractivity contribution in [3.63, 3.8) is 0 Å². The molecule has 0 amide bonds. The molecule has 0 aromatic heterocycles. The molecule has 104 valence electrons. The topological polar surface area (TPSA) is 72.4 Å². The molecule has 1 aliphatic heterocycles.